The number of carbonyl (C=O) groups is 2. The number of nitrogens with zero attached hydrogens (tertiary/aromatic N) is 1. The van der Waals surface area contributed by atoms with Crippen molar-refractivity contribution in [1.82, 2.24) is 5.06 Å². The maximum atomic E-state index is 13.1. The van der Waals surface area contributed by atoms with Crippen LogP contribution in [0.15, 0.2) is 109 Å². The number of hydroxylamine groups is 2. The third kappa shape index (κ3) is 2.65. The highest BCUT2D eigenvalue weighted by Gasteiger charge is 2.83. The van der Waals surface area contributed by atoms with Crippen molar-refractivity contribution in [2.24, 2.45) is 35.5 Å². The Labute approximate surface area is 247 Å². The Hall–Kier alpha value is -4.52. The molecule has 5 aromatic carbocycles. The van der Waals surface area contributed by atoms with Gasteiger partial charge in [0.25, 0.3) is 0 Å². The molecule has 4 bridgehead atoms. The van der Waals surface area contributed by atoms with E-state index in [4.69, 9.17) is 0 Å². The van der Waals surface area contributed by atoms with E-state index in [1.54, 1.807) is 5.06 Å². The zero-order valence-electron chi connectivity index (χ0n) is 23.2. The molecule has 3 fully saturated rings. The van der Waals surface area contributed by atoms with Crippen LogP contribution in [0.3, 0.4) is 0 Å². The molecule has 6 nitrogen and oxygen atoms in total. The Balaban J connectivity index is 1.53. The molecule has 8 atom stereocenters. The second-order valence-electron chi connectivity index (χ2n) is 12.8. The van der Waals surface area contributed by atoms with E-state index in [1.165, 1.54) is 0 Å². The van der Waals surface area contributed by atoms with E-state index in [1.807, 2.05) is 84.9 Å². The lowest BCUT2D eigenvalue weighted by molar-refractivity contribution is -0.193. The largest absolute Gasteiger partial charge is 0.481 e. The lowest BCUT2D eigenvalue weighted by atomic mass is 9.52. The van der Waals surface area contributed by atoms with Gasteiger partial charge in [-0.05, 0) is 73.9 Å². The van der Waals surface area contributed by atoms with Gasteiger partial charge in [0.05, 0.1) is 11.8 Å². The molecule has 0 radical (unpaired) electrons. The molecule has 0 spiro atoms. The lowest BCUT2D eigenvalue weighted by Crippen LogP contribution is -2.51. The van der Waals surface area contributed by atoms with Crippen LogP contribution in [0.1, 0.15) is 28.7 Å². The number of rotatable bonds is 4. The maximum Gasteiger partial charge on any atom is 0.307 e. The Bertz CT molecular complexity index is 1850. The first kappa shape index (κ1) is 25.0. The van der Waals surface area contributed by atoms with Crippen molar-refractivity contribution in [3.05, 3.63) is 131 Å². The first-order valence-electron chi connectivity index (χ1n) is 14.9. The molecule has 0 amide bonds. The second-order valence-corrected chi connectivity index (χ2v) is 12.8. The molecule has 43 heavy (non-hydrogen) atoms. The topological polar surface area (TPSA) is 98.1 Å². The van der Waals surface area contributed by atoms with Gasteiger partial charge in [0, 0.05) is 0 Å². The highest BCUT2D eigenvalue weighted by molar-refractivity contribution is 6.12. The van der Waals surface area contributed by atoms with Crippen molar-refractivity contribution in [3.63, 3.8) is 0 Å². The van der Waals surface area contributed by atoms with E-state index < -0.39 is 46.7 Å². The molecule has 5 aromatic rings. The summed E-state index contributed by atoms with van der Waals surface area (Å²) in [6, 6.07) is 36.5. The van der Waals surface area contributed by atoms with Gasteiger partial charge in [-0.2, -0.15) is 5.06 Å². The smallest absolute Gasteiger partial charge is 0.307 e. The number of carboxylic acids is 2. The van der Waals surface area contributed by atoms with Crippen molar-refractivity contribution >= 4 is 33.5 Å². The van der Waals surface area contributed by atoms with Gasteiger partial charge in [0.2, 0.25) is 0 Å². The summed E-state index contributed by atoms with van der Waals surface area (Å²) in [4.78, 5) is 25.7. The minimum atomic E-state index is -1.09. The lowest BCUT2D eigenvalue weighted by Gasteiger charge is -2.48. The fourth-order valence-corrected chi connectivity index (χ4v) is 10.6. The first-order chi connectivity index (χ1) is 20.9. The fraction of sp³-hybridized carbons (Fsp3) is 0.243. The van der Waals surface area contributed by atoms with Crippen molar-refractivity contribution in [2.75, 3.05) is 0 Å². The van der Waals surface area contributed by atoms with Crippen LogP contribution < -0.4 is 0 Å². The molecule has 6 heteroatoms. The number of carboxylic acid groups (broad SMARTS) is 2. The summed E-state index contributed by atoms with van der Waals surface area (Å²) in [5.41, 5.74) is 1.63. The van der Waals surface area contributed by atoms with E-state index in [0.717, 1.165) is 43.8 Å². The summed E-state index contributed by atoms with van der Waals surface area (Å²) >= 11 is 0. The molecule has 4 aliphatic rings. The van der Waals surface area contributed by atoms with Crippen LogP contribution in [0.25, 0.3) is 21.5 Å². The van der Waals surface area contributed by atoms with Crippen LogP contribution in [-0.4, -0.2) is 32.4 Å². The van der Waals surface area contributed by atoms with Gasteiger partial charge in [-0.1, -0.05) is 109 Å². The van der Waals surface area contributed by atoms with E-state index in [9.17, 15) is 25.0 Å². The molecule has 212 valence electrons. The molecule has 0 aromatic heterocycles. The molecule has 9 rings (SSSR count). The van der Waals surface area contributed by atoms with Gasteiger partial charge < -0.3 is 15.4 Å². The third-order valence-electron chi connectivity index (χ3n) is 11.5. The van der Waals surface area contributed by atoms with Crippen LogP contribution in [0.2, 0.25) is 0 Å². The quantitative estimate of drug-likeness (QED) is 0.215. The van der Waals surface area contributed by atoms with Crippen molar-refractivity contribution in [3.8, 4) is 0 Å². The summed E-state index contributed by atoms with van der Waals surface area (Å²) in [7, 11) is 0. The van der Waals surface area contributed by atoms with Gasteiger partial charge in [-0.15, -0.1) is 0 Å². The third-order valence-corrected chi connectivity index (χ3v) is 11.5. The van der Waals surface area contributed by atoms with E-state index >= 15 is 0 Å². The minimum Gasteiger partial charge on any atom is -0.481 e. The van der Waals surface area contributed by atoms with Crippen LogP contribution in [0.5, 0.6) is 0 Å². The summed E-state index contributed by atoms with van der Waals surface area (Å²) in [5.74, 6) is -5.67. The molecule has 2 saturated carbocycles. The standard InChI is InChI=1S/C37H29NO5/c39-34(40)28-26-19-27(29(28)35(41)42)33-32(26)36(20-11-3-1-4-12-20)30-24-17-9-7-15-22(24)23-16-8-10-18-25(23)31(30)37(33,38(36)43)21-13-5-2-6-14-21/h1-18,26-29,32-33,43H,19H2,(H,39,40)(H,41,42)/t26?,27?,28-,29-,32?,33?,36?,37?/m1/s1. The van der Waals surface area contributed by atoms with Gasteiger partial charge >= 0.3 is 11.9 Å². The van der Waals surface area contributed by atoms with Crippen LogP contribution in [0.4, 0.5) is 0 Å². The molecular formula is C37H29NO5. The zero-order chi connectivity index (χ0) is 29.2. The van der Waals surface area contributed by atoms with Crippen molar-refractivity contribution in [1.29, 1.82) is 0 Å². The summed E-state index contributed by atoms with van der Waals surface area (Å²) in [6.07, 6.45) is 0.504. The average molecular weight is 568 g/mol. The number of hydrogen-bond acceptors (Lipinski definition) is 4. The molecule has 6 unspecified atom stereocenters. The SMILES string of the molecule is O=C(O)[C@@H]1C2CC(C3C2C2(c4ccccc4)c4c(c5ccccc5c5ccccc45)C3(c3ccccc3)N2O)[C@H]1C(=O)O. The predicted molar refractivity (Wildman–Crippen MR) is 160 cm³/mol. The Morgan fingerprint density at radius 1 is 0.558 bits per heavy atom. The zero-order valence-corrected chi connectivity index (χ0v) is 23.2. The number of fused-ring (bicyclic) bond motifs is 17. The van der Waals surface area contributed by atoms with E-state index in [-0.39, 0.29) is 11.8 Å². The molecular weight excluding hydrogens is 538 g/mol. The number of hydrogen-bond donors (Lipinski definition) is 3. The predicted octanol–water partition coefficient (Wildman–Crippen LogP) is 6.48. The molecule has 1 saturated heterocycles. The number of benzene rings is 5. The summed E-state index contributed by atoms with van der Waals surface area (Å²) in [5, 5.41) is 39.9. The van der Waals surface area contributed by atoms with Crippen molar-refractivity contribution in [2.45, 2.75) is 17.5 Å². The first-order valence-corrected chi connectivity index (χ1v) is 14.9. The highest BCUT2D eigenvalue weighted by Crippen LogP contribution is 2.80. The summed E-state index contributed by atoms with van der Waals surface area (Å²) < 4.78 is 0. The van der Waals surface area contributed by atoms with Crippen LogP contribution >= 0.6 is 0 Å². The highest BCUT2D eigenvalue weighted by atomic mass is 16.5. The Morgan fingerprint density at radius 3 is 1.28 bits per heavy atom. The molecule has 2 aliphatic heterocycles. The van der Waals surface area contributed by atoms with Gasteiger partial charge in [0.15, 0.2) is 0 Å². The average Bonchev–Trinajstić information content (AvgIpc) is 3.74. The van der Waals surface area contributed by atoms with E-state index in [0.29, 0.717) is 6.42 Å². The molecule has 3 N–H and O–H groups in total. The van der Waals surface area contributed by atoms with Gasteiger partial charge in [-0.25, -0.2) is 0 Å². The monoisotopic (exact) mass is 567 g/mol. The van der Waals surface area contributed by atoms with Gasteiger partial charge in [-0.3, -0.25) is 9.59 Å². The Kier molecular flexibility index (Phi) is 4.83. The maximum absolute atomic E-state index is 13.1. The van der Waals surface area contributed by atoms with E-state index in [2.05, 4.69) is 24.3 Å². The van der Waals surface area contributed by atoms with Gasteiger partial charge in [0.1, 0.15) is 11.1 Å². The Morgan fingerprint density at radius 2 is 0.907 bits per heavy atom. The van der Waals surface area contributed by atoms with Crippen molar-refractivity contribution < 1.29 is 25.0 Å². The minimum absolute atomic E-state index is 0.320. The normalized spacial score (nSPS) is 33.6. The fourth-order valence-electron chi connectivity index (χ4n) is 10.6. The van der Waals surface area contributed by atoms with Crippen LogP contribution in [0, 0.1) is 35.5 Å². The molecule has 2 aliphatic carbocycles. The summed E-state index contributed by atoms with van der Waals surface area (Å²) in [6.45, 7) is 0. The molecule has 2 heterocycles. The van der Waals surface area contributed by atoms with Crippen LogP contribution in [-0.2, 0) is 20.7 Å². The number of aliphatic carboxylic acids is 2. The second kappa shape index (κ2) is 8.31.